The van der Waals surface area contributed by atoms with E-state index in [9.17, 15) is 9.59 Å². The van der Waals surface area contributed by atoms with E-state index in [1.165, 1.54) is 0 Å². The fraction of sp³-hybridized carbons (Fsp3) is 0.333. The fourth-order valence-corrected chi connectivity index (χ4v) is 3.07. The maximum Gasteiger partial charge on any atom is 0.315 e. The van der Waals surface area contributed by atoms with Crippen molar-refractivity contribution < 1.29 is 14.3 Å². The van der Waals surface area contributed by atoms with Gasteiger partial charge < -0.3 is 20.3 Å². The lowest BCUT2D eigenvalue weighted by atomic mass is 10.1. The summed E-state index contributed by atoms with van der Waals surface area (Å²) in [5.41, 5.74) is 3.06. The molecule has 1 aliphatic rings. The van der Waals surface area contributed by atoms with Crippen LogP contribution in [0.2, 0.25) is 0 Å². The van der Waals surface area contributed by atoms with E-state index < -0.39 is 0 Å². The van der Waals surface area contributed by atoms with Crippen LogP contribution in [0.3, 0.4) is 0 Å². The van der Waals surface area contributed by atoms with Crippen molar-refractivity contribution >= 4 is 17.6 Å². The van der Waals surface area contributed by atoms with Crippen LogP contribution < -0.4 is 20.3 Å². The summed E-state index contributed by atoms with van der Waals surface area (Å²) in [4.78, 5) is 25.5. The van der Waals surface area contributed by atoms with Crippen LogP contribution in [0.5, 0.6) is 5.75 Å². The maximum absolute atomic E-state index is 11.9. The number of rotatable bonds is 7. The molecule has 142 valence electrons. The molecule has 3 amide bonds. The Morgan fingerprint density at radius 2 is 1.74 bits per heavy atom. The third-order valence-electron chi connectivity index (χ3n) is 4.63. The molecule has 0 aromatic heterocycles. The first-order valence-electron chi connectivity index (χ1n) is 9.19. The molecular formula is C21H25N3O3. The smallest absolute Gasteiger partial charge is 0.315 e. The first-order valence-corrected chi connectivity index (χ1v) is 9.19. The van der Waals surface area contributed by atoms with Crippen molar-refractivity contribution in [2.75, 3.05) is 25.1 Å². The number of nitrogens with one attached hydrogen (secondary N) is 2. The molecule has 3 rings (SSSR count). The van der Waals surface area contributed by atoms with E-state index in [-0.39, 0.29) is 11.9 Å². The summed E-state index contributed by atoms with van der Waals surface area (Å²) in [5, 5.41) is 5.71. The molecule has 0 spiro atoms. The van der Waals surface area contributed by atoms with Gasteiger partial charge in [0.15, 0.2) is 0 Å². The van der Waals surface area contributed by atoms with Crippen LogP contribution in [0.15, 0.2) is 48.5 Å². The summed E-state index contributed by atoms with van der Waals surface area (Å²) in [6.07, 6.45) is 2.30. The van der Waals surface area contributed by atoms with E-state index in [1.54, 1.807) is 7.11 Å². The number of carbonyl (C=O) groups is 2. The zero-order chi connectivity index (χ0) is 19.1. The molecule has 1 saturated heterocycles. The fourth-order valence-electron chi connectivity index (χ4n) is 3.07. The van der Waals surface area contributed by atoms with Gasteiger partial charge in [0.25, 0.3) is 0 Å². The Labute approximate surface area is 159 Å². The molecule has 2 aromatic carbocycles. The molecule has 0 unspecified atom stereocenters. The summed E-state index contributed by atoms with van der Waals surface area (Å²) < 4.78 is 5.13. The number of benzene rings is 2. The summed E-state index contributed by atoms with van der Waals surface area (Å²) in [7, 11) is 1.64. The van der Waals surface area contributed by atoms with Gasteiger partial charge in [-0.1, -0.05) is 24.3 Å². The van der Waals surface area contributed by atoms with E-state index >= 15 is 0 Å². The van der Waals surface area contributed by atoms with Crippen LogP contribution in [0.1, 0.15) is 24.0 Å². The molecule has 0 aliphatic carbocycles. The first-order chi connectivity index (χ1) is 13.2. The van der Waals surface area contributed by atoms with Crippen LogP contribution in [-0.4, -0.2) is 32.1 Å². The number of methoxy groups -OCH3 is 1. The molecule has 1 heterocycles. The topological polar surface area (TPSA) is 70.7 Å². The lowest BCUT2D eigenvalue weighted by molar-refractivity contribution is -0.117. The van der Waals surface area contributed by atoms with E-state index in [0.29, 0.717) is 19.5 Å². The van der Waals surface area contributed by atoms with E-state index in [0.717, 1.165) is 42.0 Å². The molecule has 1 aliphatic heterocycles. The van der Waals surface area contributed by atoms with Crippen molar-refractivity contribution in [2.24, 2.45) is 0 Å². The van der Waals surface area contributed by atoms with Crippen molar-refractivity contribution in [3.05, 3.63) is 59.7 Å². The molecule has 2 aromatic rings. The van der Waals surface area contributed by atoms with Gasteiger partial charge in [0.1, 0.15) is 5.75 Å². The van der Waals surface area contributed by atoms with Gasteiger partial charge in [-0.15, -0.1) is 0 Å². The Balaban J connectivity index is 1.39. The van der Waals surface area contributed by atoms with Crippen LogP contribution in [-0.2, 0) is 17.8 Å². The second-order valence-electron chi connectivity index (χ2n) is 6.52. The van der Waals surface area contributed by atoms with Crippen LogP contribution in [0.4, 0.5) is 10.5 Å². The number of hydrogen-bond donors (Lipinski definition) is 2. The zero-order valence-electron chi connectivity index (χ0n) is 15.5. The number of ether oxygens (including phenoxy) is 1. The highest BCUT2D eigenvalue weighted by Crippen LogP contribution is 2.21. The van der Waals surface area contributed by atoms with Gasteiger partial charge >= 0.3 is 6.03 Å². The van der Waals surface area contributed by atoms with Crippen molar-refractivity contribution in [1.29, 1.82) is 0 Å². The van der Waals surface area contributed by atoms with Crippen molar-refractivity contribution in [1.82, 2.24) is 10.6 Å². The number of hydrogen-bond acceptors (Lipinski definition) is 3. The predicted molar refractivity (Wildman–Crippen MR) is 105 cm³/mol. The molecule has 0 atom stereocenters. The average molecular weight is 367 g/mol. The number of nitrogens with zero attached hydrogens (tertiary/aromatic N) is 1. The van der Waals surface area contributed by atoms with Crippen LogP contribution in [0.25, 0.3) is 0 Å². The van der Waals surface area contributed by atoms with Crippen LogP contribution in [0, 0.1) is 0 Å². The molecule has 0 bridgehead atoms. The highest BCUT2D eigenvalue weighted by molar-refractivity contribution is 5.95. The average Bonchev–Trinajstić information content (AvgIpc) is 3.13. The predicted octanol–water partition coefficient (Wildman–Crippen LogP) is 2.86. The van der Waals surface area contributed by atoms with E-state index in [2.05, 4.69) is 10.6 Å². The minimum absolute atomic E-state index is 0.178. The monoisotopic (exact) mass is 367 g/mol. The lowest BCUT2D eigenvalue weighted by Crippen LogP contribution is -2.36. The molecule has 2 N–H and O–H groups in total. The van der Waals surface area contributed by atoms with Gasteiger partial charge in [-0.05, 0) is 48.2 Å². The third kappa shape index (κ3) is 5.23. The van der Waals surface area contributed by atoms with Crippen molar-refractivity contribution in [2.45, 2.75) is 25.8 Å². The maximum atomic E-state index is 11.9. The van der Waals surface area contributed by atoms with Gasteiger partial charge in [0, 0.05) is 31.7 Å². The molecule has 1 fully saturated rings. The molecular weight excluding hydrogens is 342 g/mol. The summed E-state index contributed by atoms with van der Waals surface area (Å²) in [6.45, 7) is 1.80. The standard InChI is InChI=1S/C21H25N3O3/c1-27-19-10-6-16(7-11-19)12-13-22-21(26)23-15-17-4-8-18(9-5-17)24-14-2-3-20(24)25/h4-11H,2-3,12-15H2,1H3,(H2,22,23,26). The highest BCUT2D eigenvalue weighted by atomic mass is 16.5. The largest absolute Gasteiger partial charge is 0.497 e. The van der Waals surface area contributed by atoms with Gasteiger partial charge in [-0.2, -0.15) is 0 Å². The Kier molecular flexibility index (Phi) is 6.30. The SMILES string of the molecule is COc1ccc(CCNC(=O)NCc2ccc(N3CCCC3=O)cc2)cc1. The highest BCUT2D eigenvalue weighted by Gasteiger charge is 2.21. The molecule has 0 saturated carbocycles. The summed E-state index contributed by atoms with van der Waals surface area (Å²) in [5.74, 6) is 1.00. The zero-order valence-corrected chi connectivity index (χ0v) is 15.5. The van der Waals surface area contributed by atoms with Gasteiger partial charge in [-0.3, -0.25) is 4.79 Å². The number of urea groups is 1. The van der Waals surface area contributed by atoms with E-state index in [4.69, 9.17) is 4.74 Å². The summed E-state index contributed by atoms with van der Waals surface area (Å²) in [6, 6.07) is 15.4. The van der Waals surface area contributed by atoms with Gasteiger partial charge in [0.2, 0.25) is 5.91 Å². The van der Waals surface area contributed by atoms with Gasteiger partial charge in [0.05, 0.1) is 7.11 Å². The minimum atomic E-state index is -0.192. The molecule has 6 heteroatoms. The Morgan fingerprint density at radius 3 is 2.37 bits per heavy atom. The Morgan fingerprint density at radius 1 is 1.04 bits per heavy atom. The second kappa shape index (κ2) is 9.07. The second-order valence-corrected chi connectivity index (χ2v) is 6.52. The normalized spacial score (nSPS) is 13.5. The van der Waals surface area contributed by atoms with Crippen LogP contribution >= 0.6 is 0 Å². The van der Waals surface area contributed by atoms with E-state index in [1.807, 2.05) is 53.4 Å². The third-order valence-corrected chi connectivity index (χ3v) is 4.63. The van der Waals surface area contributed by atoms with Crippen molar-refractivity contribution in [3.63, 3.8) is 0 Å². The summed E-state index contributed by atoms with van der Waals surface area (Å²) >= 11 is 0. The Bertz CT molecular complexity index is 772. The van der Waals surface area contributed by atoms with Crippen molar-refractivity contribution in [3.8, 4) is 5.75 Å². The Hall–Kier alpha value is -3.02. The minimum Gasteiger partial charge on any atom is -0.497 e. The first kappa shape index (κ1) is 18.8. The lowest BCUT2D eigenvalue weighted by Gasteiger charge is -2.16. The quantitative estimate of drug-likeness (QED) is 0.791. The molecule has 27 heavy (non-hydrogen) atoms. The molecule has 6 nitrogen and oxygen atoms in total. The number of anilines is 1. The van der Waals surface area contributed by atoms with Gasteiger partial charge in [-0.25, -0.2) is 4.79 Å². The number of amides is 3. The molecule has 0 radical (unpaired) electrons. The number of carbonyl (C=O) groups excluding carboxylic acids is 2.